The Hall–Kier alpha value is -3.10. The van der Waals surface area contributed by atoms with Crippen molar-refractivity contribution in [2.24, 2.45) is 0 Å². The van der Waals surface area contributed by atoms with Gasteiger partial charge in [0, 0.05) is 17.7 Å². The highest BCUT2D eigenvalue weighted by Gasteiger charge is 2.31. The number of alkyl halides is 3. The van der Waals surface area contributed by atoms with Crippen LogP contribution in [0.4, 0.5) is 23.2 Å². The molecule has 2 N–H and O–H groups in total. The van der Waals surface area contributed by atoms with Crippen LogP contribution >= 0.6 is 0 Å². The topological polar surface area (TPSA) is 67.0 Å². The molecule has 0 spiro atoms. The molecular formula is C21H19F4N3O2. The Kier molecular flexibility index (Phi) is 5.36. The number of aromatic amines is 1. The molecule has 1 aliphatic carbocycles. The zero-order chi connectivity index (χ0) is 21.3. The fraction of sp³-hybridized carbons (Fsp3) is 0.333. The monoisotopic (exact) mass is 421 g/mol. The summed E-state index contributed by atoms with van der Waals surface area (Å²) in [6, 6.07) is 7.46. The number of amides is 1. The number of imidazole rings is 1. The molecule has 30 heavy (non-hydrogen) atoms. The number of benzene rings is 2. The first kappa shape index (κ1) is 20.2. The smallest absolute Gasteiger partial charge is 0.406 e. The number of hydrogen-bond donors (Lipinski definition) is 2. The molecule has 0 radical (unpaired) electrons. The Morgan fingerprint density at radius 3 is 2.57 bits per heavy atom. The maximum Gasteiger partial charge on any atom is 0.573 e. The molecule has 1 amide bonds. The maximum absolute atomic E-state index is 14.1. The van der Waals surface area contributed by atoms with Gasteiger partial charge in [-0.1, -0.05) is 19.3 Å². The summed E-state index contributed by atoms with van der Waals surface area (Å²) < 4.78 is 54.5. The van der Waals surface area contributed by atoms with Crippen LogP contribution < -0.4 is 10.1 Å². The van der Waals surface area contributed by atoms with Crippen molar-refractivity contribution in [3.63, 3.8) is 0 Å². The first-order chi connectivity index (χ1) is 14.3. The fourth-order valence-corrected chi connectivity index (χ4v) is 3.75. The van der Waals surface area contributed by atoms with E-state index in [4.69, 9.17) is 0 Å². The molecule has 9 heteroatoms. The van der Waals surface area contributed by atoms with E-state index in [1.54, 1.807) is 18.2 Å². The number of rotatable bonds is 4. The van der Waals surface area contributed by atoms with Crippen LogP contribution in [0.3, 0.4) is 0 Å². The van der Waals surface area contributed by atoms with Gasteiger partial charge in [0.25, 0.3) is 5.91 Å². The van der Waals surface area contributed by atoms with Gasteiger partial charge in [-0.05, 0) is 43.2 Å². The van der Waals surface area contributed by atoms with Gasteiger partial charge in [-0.25, -0.2) is 9.37 Å². The van der Waals surface area contributed by atoms with Gasteiger partial charge in [0.2, 0.25) is 0 Å². The minimum atomic E-state index is -4.94. The second-order valence-corrected chi connectivity index (χ2v) is 7.33. The van der Waals surface area contributed by atoms with Gasteiger partial charge >= 0.3 is 6.36 Å². The average molecular weight is 421 g/mol. The number of halogens is 4. The van der Waals surface area contributed by atoms with Crippen LogP contribution in [0.1, 0.15) is 54.2 Å². The maximum atomic E-state index is 14.1. The predicted molar refractivity (Wildman–Crippen MR) is 103 cm³/mol. The van der Waals surface area contributed by atoms with Crippen molar-refractivity contribution in [2.45, 2.75) is 44.4 Å². The van der Waals surface area contributed by atoms with Crippen molar-refractivity contribution in [2.75, 3.05) is 5.32 Å². The first-order valence-corrected chi connectivity index (χ1v) is 9.65. The second kappa shape index (κ2) is 7.97. The molecule has 1 aromatic heterocycles. The van der Waals surface area contributed by atoms with E-state index >= 15 is 0 Å². The molecule has 4 rings (SSSR count). The molecule has 0 saturated heterocycles. The van der Waals surface area contributed by atoms with Crippen molar-refractivity contribution >= 4 is 22.6 Å². The zero-order valence-corrected chi connectivity index (χ0v) is 15.9. The van der Waals surface area contributed by atoms with Crippen LogP contribution in [0.2, 0.25) is 0 Å². The van der Waals surface area contributed by atoms with Crippen LogP contribution in [-0.2, 0) is 0 Å². The number of aromatic nitrogens is 2. The van der Waals surface area contributed by atoms with Gasteiger partial charge in [-0.2, -0.15) is 0 Å². The van der Waals surface area contributed by atoms with E-state index in [1.807, 2.05) is 0 Å². The van der Waals surface area contributed by atoms with E-state index in [0.717, 1.165) is 41.8 Å². The van der Waals surface area contributed by atoms with Crippen molar-refractivity contribution in [1.29, 1.82) is 0 Å². The molecule has 2 aromatic carbocycles. The highest BCUT2D eigenvalue weighted by atomic mass is 19.4. The highest BCUT2D eigenvalue weighted by molar-refractivity contribution is 6.05. The highest BCUT2D eigenvalue weighted by Crippen LogP contribution is 2.32. The summed E-state index contributed by atoms with van der Waals surface area (Å²) in [4.78, 5) is 20.3. The molecule has 0 bridgehead atoms. The zero-order valence-electron chi connectivity index (χ0n) is 15.9. The lowest BCUT2D eigenvalue weighted by Gasteiger charge is -2.18. The first-order valence-electron chi connectivity index (χ1n) is 9.65. The van der Waals surface area contributed by atoms with E-state index in [-0.39, 0.29) is 0 Å². The Labute approximate surface area is 169 Å². The molecule has 158 valence electrons. The quantitative estimate of drug-likeness (QED) is 0.516. The number of nitrogens with zero attached hydrogens (tertiary/aromatic N) is 1. The molecule has 1 heterocycles. The SMILES string of the molecule is O=C(Nc1ccc2nc(C3CCCCC3)[nH]c2c1)c1ccc(OC(F)(F)F)cc1F. The number of anilines is 1. The summed E-state index contributed by atoms with van der Waals surface area (Å²) in [6.45, 7) is 0. The molecule has 0 aliphatic heterocycles. The molecule has 0 atom stereocenters. The summed E-state index contributed by atoms with van der Waals surface area (Å²) >= 11 is 0. The van der Waals surface area contributed by atoms with E-state index in [9.17, 15) is 22.4 Å². The van der Waals surface area contributed by atoms with Crippen LogP contribution in [0.15, 0.2) is 36.4 Å². The number of nitrogens with one attached hydrogen (secondary N) is 2. The van der Waals surface area contributed by atoms with E-state index in [2.05, 4.69) is 20.0 Å². The van der Waals surface area contributed by atoms with Gasteiger partial charge in [0.1, 0.15) is 17.4 Å². The van der Waals surface area contributed by atoms with Crippen LogP contribution in [-0.4, -0.2) is 22.2 Å². The number of carbonyl (C=O) groups excluding carboxylic acids is 1. The van der Waals surface area contributed by atoms with E-state index < -0.39 is 29.4 Å². The largest absolute Gasteiger partial charge is 0.573 e. The van der Waals surface area contributed by atoms with Crippen molar-refractivity contribution < 1.29 is 27.1 Å². The molecule has 1 aliphatic rings. The number of hydrogen-bond acceptors (Lipinski definition) is 3. The summed E-state index contributed by atoms with van der Waals surface area (Å²) in [5, 5.41) is 2.56. The number of H-pyrrole nitrogens is 1. The summed E-state index contributed by atoms with van der Waals surface area (Å²) in [5.41, 5.74) is 1.55. The molecular weight excluding hydrogens is 402 g/mol. The number of fused-ring (bicyclic) bond motifs is 1. The summed E-state index contributed by atoms with van der Waals surface area (Å²) in [7, 11) is 0. The normalized spacial score (nSPS) is 15.3. The molecule has 1 fully saturated rings. The Morgan fingerprint density at radius 1 is 1.10 bits per heavy atom. The van der Waals surface area contributed by atoms with E-state index in [0.29, 0.717) is 17.7 Å². The molecule has 3 aromatic rings. The van der Waals surface area contributed by atoms with Crippen LogP contribution in [0, 0.1) is 5.82 Å². The third kappa shape index (κ3) is 4.55. The van der Waals surface area contributed by atoms with Crippen molar-refractivity contribution in [1.82, 2.24) is 9.97 Å². The summed E-state index contributed by atoms with van der Waals surface area (Å²) in [5.74, 6) is -1.30. The fourth-order valence-electron chi connectivity index (χ4n) is 3.75. The van der Waals surface area contributed by atoms with Gasteiger partial charge in [0.15, 0.2) is 0 Å². The van der Waals surface area contributed by atoms with Gasteiger partial charge in [-0.15, -0.1) is 13.2 Å². The number of carbonyl (C=O) groups is 1. The average Bonchev–Trinajstić information content (AvgIpc) is 3.11. The Bertz CT molecular complexity index is 1070. The Balaban J connectivity index is 1.50. The predicted octanol–water partition coefficient (Wildman–Crippen LogP) is 5.90. The minimum Gasteiger partial charge on any atom is -0.406 e. The Morgan fingerprint density at radius 2 is 1.87 bits per heavy atom. The lowest BCUT2D eigenvalue weighted by Crippen LogP contribution is -2.18. The lowest BCUT2D eigenvalue weighted by molar-refractivity contribution is -0.274. The second-order valence-electron chi connectivity index (χ2n) is 7.33. The lowest BCUT2D eigenvalue weighted by atomic mass is 9.89. The molecule has 5 nitrogen and oxygen atoms in total. The number of ether oxygens (including phenoxy) is 1. The minimum absolute atomic E-state index is 0.392. The molecule has 0 unspecified atom stereocenters. The van der Waals surface area contributed by atoms with E-state index in [1.165, 1.54) is 19.3 Å². The van der Waals surface area contributed by atoms with Gasteiger partial charge in [0.05, 0.1) is 16.6 Å². The van der Waals surface area contributed by atoms with Gasteiger partial charge < -0.3 is 15.0 Å². The summed E-state index contributed by atoms with van der Waals surface area (Å²) in [6.07, 6.45) is 0.856. The third-order valence-electron chi connectivity index (χ3n) is 5.17. The third-order valence-corrected chi connectivity index (χ3v) is 5.17. The van der Waals surface area contributed by atoms with Crippen molar-refractivity contribution in [3.05, 3.63) is 53.6 Å². The van der Waals surface area contributed by atoms with Gasteiger partial charge in [-0.3, -0.25) is 4.79 Å². The standard InChI is InChI=1S/C21H19F4N3O2/c22-16-11-14(30-21(23,24)25)7-8-15(16)20(29)26-13-6-9-17-18(10-13)28-19(27-17)12-4-2-1-3-5-12/h6-12H,1-5H2,(H,26,29)(H,27,28). The molecule has 1 saturated carbocycles. The van der Waals surface area contributed by atoms with Crippen molar-refractivity contribution in [3.8, 4) is 5.75 Å². The van der Waals surface area contributed by atoms with Crippen LogP contribution in [0.25, 0.3) is 11.0 Å². The van der Waals surface area contributed by atoms with Crippen LogP contribution in [0.5, 0.6) is 5.75 Å².